The summed E-state index contributed by atoms with van der Waals surface area (Å²) in [4.78, 5) is 12.3. The lowest BCUT2D eigenvalue weighted by molar-refractivity contribution is 0.577. The molecule has 0 aliphatic carbocycles. The standard InChI is InChI=1S/C19H15FN8/c1-27-9-13(6-23-27)16-8-22-19-18(24-16)14(7-21-19)17-11-28(26-25-17)10-12-4-2-3-5-15(12)20/h2-9,11H,10H2,1H3,(H,21,22). The predicted octanol–water partition coefficient (Wildman–Crippen LogP) is 2.80. The number of fused-ring (bicyclic) bond motifs is 1. The van der Waals surface area contributed by atoms with E-state index in [0.717, 1.165) is 16.8 Å². The van der Waals surface area contributed by atoms with Crippen molar-refractivity contribution in [1.29, 1.82) is 0 Å². The fraction of sp³-hybridized carbons (Fsp3) is 0.105. The largest absolute Gasteiger partial charge is 0.344 e. The van der Waals surface area contributed by atoms with Crippen LogP contribution in [0.25, 0.3) is 33.7 Å². The van der Waals surface area contributed by atoms with Crippen LogP contribution in [-0.4, -0.2) is 39.7 Å². The third-order valence-corrected chi connectivity index (χ3v) is 4.49. The van der Waals surface area contributed by atoms with Crippen molar-refractivity contribution in [2.45, 2.75) is 6.54 Å². The third-order valence-electron chi connectivity index (χ3n) is 4.49. The van der Waals surface area contributed by atoms with Gasteiger partial charge >= 0.3 is 0 Å². The average molecular weight is 374 g/mol. The zero-order valence-electron chi connectivity index (χ0n) is 14.9. The lowest BCUT2D eigenvalue weighted by atomic mass is 10.2. The summed E-state index contributed by atoms with van der Waals surface area (Å²) in [7, 11) is 1.85. The number of aryl methyl sites for hydroxylation is 1. The van der Waals surface area contributed by atoms with Crippen LogP contribution >= 0.6 is 0 Å². The molecule has 0 spiro atoms. The highest BCUT2D eigenvalue weighted by Crippen LogP contribution is 2.27. The molecule has 0 unspecified atom stereocenters. The van der Waals surface area contributed by atoms with Crippen LogP contribution in [0.4, 0.5) is 4.39 Å². The summed E-state index contributed by atoms with van der Waals surface area (Å²) >= 11 is 0. The summed E-state index contributed by atoms with van der Waals surface area (Å²) in [5.74, 6) is -0.265. The molecule has 0 saturated carbocycles. The van der Waals surface area contributed by atoms with Crippen molar-refractivity contribution >= 4 is 11.2 Å². The Balaban J connectivity index is 1.51. The molecule has 1 N–H and O–H groups in total. The predicted molar refractivity (Wildman–Crippen MR) is 101 cm³/mol. The second kappa shape index (κ2) is 6.38. The molecule has 0 radical (unpaired) electrons. The number of aromatic amines is 1. The van der Waals surface area contributed by atoms with Crippen LogP contribution in [0.5, 0.6) is 0 Å². The average Bonchev–Trinajstić information content (AvgIpc) is 3.42. The Labute approximate surface area is 158 Å². The fourth-order valence-corrected chi connectivity index (χ4v) is 3.08. The van der Waals surface area contributed by atoms with Gasteiger partial charge in [-0.2, -0.15) is 5.10 Å². The normalized spacial score (nSPS) is 11.4. The molecule has 5 aromatic rings. The van der Waals surface area contributed by atoms with E-state index in [1.807, 2.05) is 13.2 Å². The molecule has 4 aromatic heterocycles. The van der Waals surface area contributed by atoms with E-state index in [-0.39, 0.29) is 5.82 Å². The third kappa shape index (κ3) is 2.82. The quantitative estimate of drug-likeness (QED) is 0.522. The number of nitrogens with one attached hydrogen (secondary N) is 1. The van der Waals surface area contributed by atoms with Crippen molar-refractivity contribution in [3.05, 3.63) is 66.6 Å². The van der Waals surface area contributed by atoms with Crippen molar-refractivity contribution in [2.24, 2.45) is 7.05 Å². The molecule has 138 valence electrons. The van der Waals surface area contributed by atoms with E-state index in [0.29, 0.717) is 29.0 Å². The highest BCUT2D eigenvalue weighted by atomic mass is 19.1. The molecule has 8 nitrogen and oxygen atoms in total. The lowest BCUT2D eigenvalue weighted by Crippen LogP contribution is -2.02. The fourth-order valence-electron chi connectivity index (χ4n) is 3.08. The zero-order chi connectivity index (χ0) is 19.1. The van der Waals surface area contributed by atoms with Crippen molar-refractivity contribution in [2.75, 3.05) is 0 Å². The van der Waals surface area contributed by atoms with E-state index >= 15 is 0 Å². The van der Waals surface area contributed by atoms with E-state index in [9.17, 15) is 4.39 Å². The van der Waals surface area contributed by atoms with Gasteiger partial charge in [0.25, 0.3) is 0 Å². The van der Waals surface area contributed by atoms with Gasteiger partial charge in [0.2, 0.25) is 0 Å². The van der Waals surface area contributed by atoms with Gasteiger partial charge < -0.3 is 4.98 Å². The molecular formula is C19H15FN8. The Kier molecular flexibility index (Phi) is 3.71. The Morgan fingerprint density at radius 1 is 1.11 bits per heavy atom. The SMILES string of the molecule is Cn1cc(-c2cnc3[nH]cc(-c4cn(Cc5ccccc5F)nn4)c3n2)cn1. The first-order valence-electron chi connectivity index (χ1n) is 8.64. The molecule has 4 heterocycles. The van der Waals surface area contributed by atoms with E-state index in [1.165, 1.54) is 6.07 Å². The van der Waals surface area contributed by atoms with E-state index in [1.54, 1.807) is 52.4 Å². The Hall–Kier alpha value is -3.88. The second-order valence-electron chi connectivity index (χ2n) is 6.45. The molecule has 0 fully saturated rings. The Morgan fingerprint density at radius 3 is 2.82 bits per heavy atom. The molecule has 0 atom stereocenters. The zero-order valence-corrected chi connectivity index (χ0v) is 14.9. The monoisotopic (exact) mass is 374 g/mol. The molecule has 1 aromatic carbocycles. The summed E-state index contributed by atoms with van der Waals surface area (Å²) in [6.45, 7) is 0.300. The summed E-state index contributed by atoms with van der Waals surface area (Å²) in [6.07, 6.45) is 8.90. The maximum atomic E-state index is 13.9. The summed E-state index contributed by atoms with van der Waals surface area (Å²) in [6, 6.07) is 6.62. The van der Waals surface area contributed by atoms with Gasteiger partial charge in [-0.3, -0.25) is 4.68 Å². The highest BCUT2D eigenvalue weighted by Gasteiger charge is 2.14. The number of H-pyrrole nitrogens is 1. The summed E-state index contributed by atoms with van der Waals surface area (Å²) in [5.41, 5.74) is 4.93. The Bertz CT molecular complexity index is 1280. The minimum atomic E-state index is -0.265. The van der Waals surface area contributed by atoms with Gasteiger partial charge in [-0.25, -0.2) is 19.0 Å². The molecule has 0 aliphatic rings. The van der Waals surface area contributed by atoms with Crippen molar-refractivity contribution in [3.63, 3.8) is 0 Å². The Morgan fingerprint density at radius 2 is 2.00 bits per heavy atom. The molecule has 0 saturated heterocycles. The van der Waals surface area contributed by atoms with Gasteiger partial charge in [-0.1, -0.05) is 23.4 Å². The molecule has 0 amide bonds. The van der Waals surface area contributed by atoms with Crippen LogP contribution in [-0.2, 0) is 13.6 Å². The van der Waals surface area contributed by atoms with Gasteiger partial charge in [-0.05, 0) is 6.07 Å². The van der Waals surface area contributed by atoms with E-state index < -0.39 is 0 Å². The first kappa shape index (κ1) is 16.3. The number of halogens is 1. The van der Waals surface area contributed by atoms with Crippen LogP contribution in [0.15, 0.2) is 55.2 Å². The first-order chi connectivity index (χ1) is 13.7. The molecular weight excluding hydrogens is 359 g/mol. The van der Waals surface area contributed by atoms with E-state index in [4.69, 9.17) is 4.98 Å². The van der Waals surface area contributed by atoms with Crippen LogP contribution in [0, 0.1) is 5.82 Å². The molecule has 28 heavy (non-hydrogen) atoms. The van der Waals surface area contributed by atoms with Gasteiger partial charge in [0.1, 0.15) is 17.0 Å². The number of benzene rings is 1. The summed E-state index contributed by atoms with van der Waals surface area (Å²) in [5, 5.41) is 12.5. The molecule has 0 aliphatic heterocycles. The maximum Gasteiger partial charge on any atom is 0.156 e. The van der Waals surface area contributed by atoms with Crippen molar-refractivity contribution in [3.8, 4) is 22.5 Å². The van der Waals surface area contributed by atoms with Crippen LogP contribution in [0.3, 0.4) is 0 Å². The van der Waals surface area contributed by atoms with Crippen molar-refractivity contribution < 1.29 is 4.39 Å². The van der Waals surface area contributed by atoms with Gasteiger partial charge in [0, 0.05) is 36.1 Å². The van der Waals surface area contributed by atoms with Crippen LogP contribution in [0.2, 0.25) is 0 Å². The van der Waals surface area contributed by atoms with Crippen LogP contribution in [0.1, 0.15) is 5.56 Å². The van der Waals surface area contributed by atoms with Crippen LogP contribution < -0.4 is 0 Å². The first-order valence-corrected chi connectivity index (χ1v) is 8.64. The minimum Gasteiger partial charge on any atom is -0.344 e. The van der Waals surface area contributed by atoms with Gasteiger partial charge in [0.05, 0.1) is 30.8 Å². The number of nitrogens with zero attached hydrogens (tertiary/aromatic N) is 7. The number of hydrogen-bond donors (Lipinski definition) is 1. The lowest BCUT2D eigenvalue weighted by Gasteiger charge is -2.01. The topological polar surface area (TPSA) is 90.1 Å². The van der Waals surface area contributed by atoms with Crippen molar-refractivity contribution in [1.82, 2.24) is 39.7 Å². The maximum absolute atomic E-state index is 13.9. The molecule has 9 heteroatoms. The van der Waals surface area contributed by atoms with E-state index in [2.05, 4.69) is 25.4 Å². The second-order valence-corrected chi connectivity index (χ2v) is 6.45. The smallest absolute Gasteiger partial charge is 0.156 e. The number of hydrogen-bond acceptors (Lipinski definition) is 5. The minimum absolute atomic E-state index is 0.265. The summed E-state index contributed by atoms with van der Waals surface area (Å²) < 4.78 is 17.2. The molecule has 0 bridgehead atoms. The number of aromatic nitrogens is 8. The molecule has 5 rings (SSSR count). The van der Waals surface area contributed by atoms with Gasteiger partial charge in [-0.15, -0.1) is 5.10 Å². The van der Waals surface area contributed by atoms with Gasteiger partial charge in [0.15, 0.2) is 5.65 Å². The number of rotatable bonds is 4. The highest BCUT2D eigenvalue weighted by molar-refractivity contribution is 5.90.